The van der Waals surface area contributed by atoms with E-state index >= 15 is 0 Å². The molecule has 25 nitrogen and oxygen atoms in total. The fourth-order valence-electron chi connectivity index (χ4n) is 10.9. The summed E-state index contributed by atoms with van der Waals surface area (Å²) in [5.74, 6) is -5.48. The number of nitrogens with zero attached hydrogens (tertiary/aromatic N) is 3. The third-order valence-electron chi connectivity index (χ3n) is 16.0. The first-order valence-electron chi connectivity index (χ1n) is 30.2. The van der Waals surface area contributed by atoms with Crippen LogP contribution in [0.15, 0.2) is 54.6 Å². The Bertz CT molecular complexity index is 2520. The number of aliphatic hydroxyl groups is 2. The van der Waals surface area contributed by atoms with E-state index in [1.165, 1.54) is 26.2 Å². The Kier molecular flexibility index (Phi) is 31.6. The van der Waals surface area contributed by atoms with Crippen LogP contribution in [-0.4, -0.2) is 194 Å². The second-order valence-electron chi connectivity index (χ2n) is 23.6. The minimum atomic E-state index is -1.11. The van der Waals surface area contributed by atoms with Gasteiger partial charge < -0.3 is 76.6 Å². The van der Waals surface area contributed by atoms with Crippen LogP contribution in [0.4, 0.5) is 15.3 Å². The number of nitrogens with one attached hydrogen (secondary N) is 6. The standard InChI is InChI=1S/C62H100N10O15/c1-15-39(8)53(47(84-13)33-49(75)72-30-20-24-46(72)55(85-14)40(9)56(77)65-41(10)54(76)43-21-17-16-18-22-43)70(11)60(81)51(37(4)5)69-59(80)52(38(6)7)71(12)62(83)87-34-42-25-27-44(28-26-42)66-57(78)45(23-19-29-64-61(63)82)67-58(79)50(36(2)3)68-48(74)35-86-32-31-73/h16-18,21-22,25-28,36-41,45-47,50-55,73,76H,15,19-20,23-24,29-35H2,1-14H3,(H,65,77)(H,66,78)(H,67,79)(H,68,74)(H,69,80)(H3,63,64,82)/t39-,40+,41+,45-,46-,47+,50-,51-,52-,53+,54+,55+/m0/s1. The predicted octanol–water partition coefficient (Wildman–Crippen LogP) is 3.60. The van der Waals surface area contributed by atoms with Crippen molar-refractivity contribution in [1.29, 1.82) is 0 Å². The number of aliphatic hydroxyl groups excluding tert-OH is 2. The Morgan fingerprint density at radius 1 is 0.759 bits per heavy atom. The molecule has 12 atom stereocenters. The van der Waals surface area contributed by atoms with Crippen molar-refractivity contribution in [2.24, 2.45) is 35.3 Å². The van der Waals surface area contributed by atoms with Gasteiger partial charge in [-0.3, -0.25) is 38.5 Å². The van der Waals surface area contributed by atoms with Crippen LogP contribution in [0.1, 0.15) is 125 Å². The summed E-state index contributed by atoms with van der Waals surface area (Å²) in [6, 6.07) is 8.73. The predicted molar refractivity (Wildman–Crippen MR) is 327 cm³/mol. The SMILES string of the molecule is CC[C@H](C)[C@H]([C@@H](CC(=O)N1CCC[C@H]1[C@H](OC)[C@@H](C)C(=O)N[C@H](C)[C@@H](O)c1ccccc1)OC)N(C)C(=O)[C@@H](NC(=O)[C@H](C(C)C)N(C)C(=O)OCc1ccc(NC(=O)[C@H](CCCNC(N)=O)NC(=O)[C@@H](NC(=O)COCCO)C(C)C)cc1)C(C)C. The average molecular weight is 1230 g/mol. The number of hydrogen-bond donors (Lipinski definition) is 9. The number of carbonyl (C=O) groups is 9. The van der Waals surface area contributed by atoms with Crippen LogP contribution >= 0.6 is 0 Å². The van der Waals surface area contributed by atoms with E-state index in [4.69, 9.17) is 29.8 Å². The molecule has 0 radical (unpaired) electrons. The number of primary amides is 1. The zero-order chi connectivity index (χ0) is 65.2. The van der Waals surface area contributed by atoms with Crippen molar-refractivity contribution in [3.63, 3.8) is 0 Å². The highest BCUT2D eigenvalue weighted by Gasteiger charge is 2.44. The molecule has 1 aliphatic heterocycles. The fourth-order valence-corrected chi connectivity index (χ4v) is 10.9. The van der Waals surface area contributed by atoms with Crippen molar-refractivity contribution in [2.45, 2.75) is 175 Å². The summed E-state index contributed by atoms with van der Waals surface area (Å²) in [5.41, 5.74) is 6.74. The van der Waals surface area contributed by atoms with E-state index in [-0.39, 0.29) is 75.9 Å². The minimum Gasteiger partial charge on any atom is -0.445 e. The first kappa shape index (κ1) is 74.3. The molecule has 0 aromatic heterocycles. The number of rotatable bonds is 36. The number of amides is 10. The molecule has 0 spiro atoms. The molecule has 1 heterocycles. The van der Waals surface area contributed by atoms with E-state index in [9.17, 15) is 48.3 Å². The van der Waals surface area contributed by atoms with E-state index in [1.54, 1.807) is 109 Å². The fraction of sp³-hybridized carbons (Fsp3) is 0.661. The number of methoxy groups -OCH3 is 2. The second kappa shape index (κ2) is 37.0. The molecule has 10 N–H and O–H groups in total. The van der Waals surface area contributed by atoms with Crippen LogP contribution in [0, 0.1) is 29.6 Å². The molecule has 1 aliphatic rings. The first-order chi connectivity index (χ1) is 41.1. The minimum absolute atomic E-state index is 0.0667. The highest BCUT2D eigenvalue weighted by Crippen LogP contribution is 2.30. The Hall–Kier alpha value is -6.93. The third-order valence-corrected chi connectivity index (χ3v) is 16.0. The number of likely N-dealkylation sites (N-methyl/N-ethyl adjacent to an activating group) is 2. The lowest BCUT2D eigenvalue weighted by atomic mass is 9.89. The number of hydrogen-bond acceptors (Lipinski definition) is 15. The topological polar surface area (TPSA) is 339 Å². The maximum atomic E-state index is 14.8. The van der Waals surface area contributed by atoms with Crippen molar-refractivity contribution in [3.8, 4) is 0 Å². The van der Waals surface area contributed by atoms with Gasteiger partial charge in [-0.2, -0.15) is 0 Å². The first-order valence-corrected chi connectivity index (χ1v) is 30.2. The summed E-state index contributed by atoms with van der Waals surface area (Å²) in [6.07, 6.45) is -1.04. The molecular weight excluding hydrogens is 1120 g/mol. The van der Waals surface area contributed by atoms with Crippen LogP contribution in [-0.2, 0) is 59.1 Å². The molecule has 2 aromatic rings. The highest BCUT2D eigenvalue weighted by atomic mass is 16.6. The van der Waals surface area contributed by atoms with Gasteiger partial charge in [0.2, 0.25) is 41.4 Å². The Balaban J connectivity index is 1.71. The molecule has 488 valence electrons. The van der Waals surface area contributed by atoms with Gasteiger partial charge in [0, 0.05) is 47.1 Å². The van der Waals surface area contributed by atoms with Gasteiger partial charge in [0.25, 0.3) is 0 Å². The molecule has 25 heteroatoms. The summed E-state index contributed by atoms with van der Waals surface area (Å²) in [5, 5.41) is 36.3. The van der Waals surface area contributed by atoms with Gasteiger partial charge in [-0.25, -0.2) is 9.59 Å². The molecule has 2 aromatic carbocycles. The molecule has 0 bridgehead atoms. The zero-order valence-electron chi connectivity index (χ0n) is 53.5. The van der Waals surface area contributed by atoms with E-state index < -0.39 is 120 Å². The molecule has 0 aliphatic carbocycles. The zero-order valence-corrected chi connectivity index (χ0v) is 53.5. The lowest BCUT2D eigenvalue weighted by Crippen LogP contribution is -2.60. The van der Waals surface area contributed by atoms with E-state index in [1.807, 2.05) is 32.0 Å². The maximum absolute atomic E-state index is 14.8. The highest BCUT2D eigenvalue weighted by molar-refractivity contribution is 5.98. The molecule has 87 heavy (non-hydrogen) atoms. The summed E-state index contributed by atoms with van der Waals surface area (Å²) in [7, 11) is 6.08. The molecule has 3 rings (SSSR count). The number of ether oxygens (including phenoxy) is 4. The summed E-state index contributed by atoms with van der Waals surface area (Å²) in [4.78, 5) is 126. The quantitative estimate of drug-likeness (QED) is 0.0440. The van der Waals surface area contributed by atoms with Gasteiger partial charge in [0.15, 0.2) is 0 Å². The lowest BCUT2D eigenvalue weighted by molar-refractivity contribution is -0.148. The van der Waals surface area contributed by atoms with E-state index in [0.29, 0.717) is 42.6 Å². The summed E-state index contributed by atoms with van der Waals surface area (Å²) >= 11 is 0. The van der Waals surface area contributed by atoms with Gasteiger partial charge in [0.1, 0.15) is 37.4 Å². The number of likely N-dealkylation sites (tertiary alicyclic amines) is 1. The normalized spacial score (nSPS) is 17.0. The molecular formula is C62H100N10O15. The van der Waals surface area contributed by atoms with Gasteiger partial charge >= 0.3 is 12.1 Å². The van der Waals surface area contributed by atoms with Crippen molar-refractivity contribution >= 4 is 59.2 Å². The van der Waals surface area contributed by atoms with Crippen molar-refractivity contribution < 1.29 is 72.3 Å². The van der Waals surface area contributed by atoms with Gasteiger partial charge in [0.05, 0.1) is 62.0 Å². The summed E-state index contributed by atoms with van der Waals surface area (Å²) in [6.45, 7) is 17.6. The average Bonchev–Trinajstić information content (AvgIpc) is 2.57. The van der Waals surface area contributed by atoms with Crippen LogP contribution in [0.5, 0.6) is 0 Å². The number of anilines is 1. The smallest absolute Gasteiger partial charge is 0.410 e. The van der Waals surface area contributed by atoms with Crippen molar-refractivity contribution in [1.82, 2.24) is 41.3 Å². The number of urea groups is 1. The Morgan fingerprint density at radius 3 is 1.97 bits per heavy atom. The number of benzene rings is 2. The molecule has 0 unspecified atom stereocenters. The molecule has 10 amide bonds. The lowest BCUT2D eigenvalue weighted by Gasteiger charge is -2.41. The second-order valence-corrected chi connectivity index (χ2v) is 23.6. The van der Waals surface area contributed by atoms with E-state index in [0.717, 1.165) is 0 Å². The van der Waals surface area contributed by atoms with Crippen LogP contribution < -0.4 is 37.6 Å². The van der Waals surface area contributed by atoms with Crippen LogP contribution in [0.2, 0.25) is 0 Å². The van der Waals surface area contributed by atoms with Gasteiger partial charge in [-0.15, -0.1) is 0 Å². The van der Waals surface area contributed by atoms with Gasteiger partial charge in [-0.05, 0) is 79.5 Å². The van der Waals surface area contributed by atoms with Crippen LogP contribution in [0.3, 0.4) is 0 Å². The van der Waals surface area contributed by atoms with Crippen molar-refractivity contribution in [3.05, 3.63) is 65.7 Å². The molecule has 0 saturated carbocycles. The third kappa shape index (κ3) is 22.6. The Labute approximate surface area is 513 Å². The Morgan fingerprint density at radius 2 is 1.40 bits per heavy atom. The van der Waals surface area contributed by atoms with E-state index in [2.05, 4.69) is 31.9 Å². The summed E-state index contributed by atoms with van der Waals surface area (Å²) < 4.78 is 22.8. The monoisotopic (exact) mass is 1220 g/mol. The largest absolute Gasteiger partial charge is 0.445 e. The molecule has 1 saturated heterocycles. The number of nitrogens with two attached hydrogens (primary N) is 1. The van der Waals surface area contributed by atoms with Crippen LogP contribution in [0.25, 0.3) is 0 Å². The van der Waals surface area contributed by atoms with Crippen molar-refractivity contribution in [2.75, 3.05) is 66.5 Å². The van der Waals surface area contributed by atoms with Gasteiger partial charge in [-0.1, -0.05) is 111 Å². The maximum Gasteiger partial charge on any atom is 0.410 e. The number of carbonyl (C=O) groups excluding carboxylic acids is 9. The molecule has 1 fully saturated rings.